The number of para-hydroxylation sites is 1. The molecule has 0 saturated heterocycles. The molecule has 0 spiro atoms. The van der Waals surface area contributed by atoms with Crippen molar-refractivity contribution in [3.05, 3.63) is 65.7 Å². The number of aryl methyl sites for hydroxylation is 1. The summed E-state index contributed by atoms with van der Waals surface area (Å²) in [5.41, 5.74) is 2.35. The van der Waals surface area contributed by atoms with Gasteiger partial charge in [0, 0.05) is 13.1 Å². The van der Waals surface area contributed by atoms with Crippen LogP contribution in [0.5, 0.6) is 0 Å². The molecule has 0 saturated carbocycles. The standard InChI is InChI=1S/C26H37N3O4S/c1-6-23-14-10-11-15-24(23)29(34(5,32)33)19-25(30)28(17-16-22-12-8-7-9-13-22)21(4)26(31)27-18-20(2)3/h7-15,20-21H,6,16-19H2,1-5H3,(H,27,31)/t21-/m1/s1. The van der Waals surface area contributed by atoms with Gasteiger partial charge < -0.3 is 10.2 Å². The number of hydrogen-bond acceptors (Lipinski definition) is 4. The molecule has 0 aliphatic heterocycles. The van der Waals surface area contributed by atoms with Crippen molar-refractivity contribution in [1.82, 2.24) is 10.2 Å². The Bertz CT molecular complexity index is 1050. The van der Waals surface area contributed by atoms with E-state index in [1.54, 1.807) is 19.1 Å². The number of rotatable bonds is 12. The summed E-state index contributed by atoms with van der Waals surface area (Å²) in [6.07, 6.45) is 2.28. The highest BCUT2D eigenvalue weighted by atomic mass is 32.2. The second kappa shape index (κ2) is 12.6. The molecule has 0 aliphatic carbocycles. The Hall–Kier alpha value is -2.87. The van der Waals surface area contributed by atoms with E-state index < -0.39 is 22.0 Å². The lowest BCUT2D eigenvalue weighted by molar-refractivity contribution is -0.138. The fraction of sp³-hybridized carbons (Fsp3) is 0.462. The molecular formula is C26H37N3O4S. The van der Waals surface area contributed by atoms with Crippen LogP contribution in [0.4, 0.5) is 5.69 Å². The van der Waals surface area contributed by atoms with Crippen LogP contribution in [-0.4, -0.2) is 57.1 Å². The largest absolute Gasteiger partial charge is 0.354 e. The number of nitrogens with zero attached hydrogens (tertiary/aromatic N) is 2. The highest BCUT2D eigenvalue weighted by molar-refractivity contribution is 7.92. The third kappa shape index (κ3) is 7.87. The number of nitrogens with one attached hydrogen (secondary N) is 1. The van der Waals surface area contributed by atoms with Crippen LogP contribution in [0.1, 0.15) is 38.8 Å². The zero-order valence-corrected chi connectivity index (χ0v) is 21.6. The van der Waals surface area contributed by atoms with Crippen LogP contribution in [0.25, 0.3) is 0 Å². The number of benzene rings is 2. The van der Waals surface area contributed by atoms with Gasteiger partial charge in [0.25, 0.3) is 0 Å². The molecular weight excluding hydrogens is 450 g/mol. The number of amides is 2. The van der Waals surface area contributed by atoms with Crippen LogP contribution < -0.4 is 9.62 Å². The molecule has 2 rings (SSSR count). The Labute approximate surface area is 204 Å². The molecule has 2 amide bonds. The number of hydrogen-bond donors (Lipinski definition) is 1. The summed E-state index contributed by atoms with van der Waals surface area (Å²) in [5.74, 6) is -0.398. The Morgan fingerprint density at radius 2 is 1.59 bits per heavy atom. The van der Waals surface area contributed by atoms with Gasteiger partial charge in [-0.3, -0.25) is 13.9 Å². The van der Waals surface area contributed by atoms with Crippen molar-refractivity contribution in [2.45, 2.75) is 46.6 Å². The third-order valence-electron chi connectivity index (χ3n) is 5.66. The summed E-state index contributed by atoms with van der Waals surface area (Å²) in [5, 5.41) is 2.88. The highest BCUT2D eigenvalue weighted by Crippen LogP contribution is 2.24. The molecule has 0 unspecified atom stereocenters. The van der Waals surface area contributed by atoms with E-state index in [0.717, 1.165) is 21.7 Å². The van der Waals surface area contributed by atoms with Crippen molar-refractivity contribution in [1.29, 1.82) is 0 Å². The fourth-order valence-electron chi connectivity index (χ4n) is 3.67. The summed E-state index contributed by atoms with van der Waals surface area (Å²) in [4.78, 5) is 27.8. The second-order valence-electron chi connectivity index (χ2n) is 8.89. The maximum atomic E-state index is 13.5. The van der Waals surface area contributed by atoms with Crippen molar-refractivity contribution in [2.24, 2.45) is 5.92 Å². The summed E-state index contributed by atoms with van der Waals surface area (Å²) in [6, 6.07) is 16.1. The van der Waals surface area contributed by atoms with Crippen molar-refractivity contribution >= 4 is 27.5 Å². The fourth-order valence-corrected chi connectivity index (χ4v) is 4.55. The molecule has 0 heterocycles. The van der Waals surface area contributed by atoms with Gasteiger partial charge in [-0.2, -0.15) is 0 Å². The van der Waals surface area contributed by atoms with Gasteiger partial charge in [0.1, 0.15) is 12.6 Å². The van der Waals surface area contributed by atoms with Gasteiger partial charge in [0.05, 0.1) is 11.9 Å². The topological polar surface area (TPSA) is 86.8 Å². The van der Waals surface area contributed by atoms with Crippen LogP contribution in [0, 0.1) is 5.92 Å². The first-order valence-electron chi connectivity index (χ1n) is 11.7. The molecule has 0 radical (unpaired) electrons. The molecule has 34 heavy (non-hydrogen) atoms. The van der Waals surface area contributed by atoms with Crippen LogP contribution >= 0.6 is 0 Å². The molecule has 0 aliphatic rings. The van der Waals surface area contributed by atoms with Crippen LogP contribution in [0.3, 0.4) is 0 Å². The van der Waals surface area contributed by atoms with Crippen molar-refractivity contribution in [3.63, 3.8) is 0 Å². The number of sulfonamides is 1. The lowest BCUT2D eigenvalue weighted by Gasteiger charge is -2.32. The Balaban J connectivity index is 2.32. The molecule has 0 fully saturated rings. The van der Waals surface area contributed by atoms with E-state index in [4.69, 9.17) is 0 Å². The van der Waals surface area contributed by atoms with Crippen LogP contribution in [0.2, 0.25) is 0 Å². The molecule has 2 aromatic rings. The van der Waals surface area contributed by atoms with Gasteiger partial charge in [-0.15, -0.1) is 0 Å². The minimum Gasteiger partial charge on any atom is -0.354 e. The van der Waals surface area contributed by atoms with Gasteiger partial charge in [0.15, 0.2) is 0 Å². The molecule has 7 nitrogen and oxygen atoms in total. The lowest BCUT2D eigenvalue weighted by Crippen LogP contribution is -2.52. The van der Waals surface area contributed by atoms with E-state index >= 15 is 0 Å². The summed E-state index contributed by atoms with van der Waals surface area (Å²) in [7, 11) is -3.73. The molecule has 1 atom stereocenters. The molecule has 186 valence electrons. The minimum atomic E-state index is -3.73. The zero-order valence-electron chi connectivity index (χ0n) is 20.8. The number of carbonyl (C=O) groups excluding carboxylic acids is 2. The molecule has 2 aromatic carbocycles. The Morgan fingerprint density at radius 3 is 2.18 bits per heavy atom. The van der Waals surface area contributed by atoms with Crippen LogP contribution in [-0.2, 0) is 32.5 Å². The number of anilines is 1. The normalized spacial score (nSPS) is 12.3. The van der Waals surface area contributed by atoms with Gasteiger partial charge in [0.2, 0.25) is 21.8 Å². The summed E-state index contributed by atoms with van der Waals surface area (Å²) in [6.45, 7) is 8.05. The molecule has 0 aromatic heterocycles. The van der Waals surface area contributed by atoms with E-state index in [-0.39, 0.29) is 18.4 Å². The van der Waals surface area contributed by atoms with E-state index in [1.807, 2.05) is 63.2 Å². The predicted octanol–water partition coefficient (Wildman–Crippen LogP) is 3.25. The predicted molar refractivity (Wildman–Crippen MR) is 137 cm³/mol. The van der Waals surface area contributed by atoms with Crippen molar-refractivity contribution < 1.29 is 18.0 Å². The van der Waals surface area contributed by atoms with E-state index in [2.05, 4.69) is 5.32 Å². The average molecular weight is 488 g/mol. The quantitative estimate of drug-likeness (QED) is 0.498. The maximum absolute atomic E-state index is 13.5. The van der Waals surface area contributed by atoms with Crippen LogP contribution in [0.15, 0.2) is 54.6 Å². The van der Waals surface area contributed by atoms with Crippen molar-refractivity contribution in [3.8, 4) is 0 Å². The first kappa shape index (κ1) is 27.4. The van der Waals surface area contributed by atoms with E-state index in [1.165, 1.54) is 4.90 Å². The van der Waals surface area contributed by atoms with Gasteiger partial charge in [-0.1, -0.05) is 69.3 Å². The lowest BCUT2D eigenvalue weighted by atomic mass is 10.1. The minimum absolute atomic E-state index is 0.255. The molecule has 0 bridgehead atoms. The van der Waals surface area contributed by atoms with Gasteiger partial charge in [-0.25, -0.2) is 8.42 Å². The van der Waals surface area contributed by atoms with Gasteiger partial charge >= 0.3 is 0 Å². The molecule has 8 heteroatoms. The monoisotopic (exact) mass is 487 g/mol. The summed E-state index contributed by atoms with van der Waals surface area (Å²) >= 11 is 0. The summed E-state index contributed by atoms with van der Waals surface area (Å²) < 4.78 is 26.5. The first-order valence-corrected chi connectivity index (χ1v) is 13.6. The Morgan fingerprint density at radius 1 is 0.971 bits per heavy atom. The number of carbonyl (C=O) groups is 2. The maximum Gasteiger partial charge on any atom is 0.244 e. The Kier molecular flexibility index (Phi) is 10.1. The average Bonchev–Trinajstić information content (AvgIpc) is 2.80. The SMILES string of the molecule is CCc1ccccc1N(CC(=O)N(CCc1ccccc1)[C@H](C)C(=O)NCC(C)C)S(C)(=O)=O. The van der Waals surface area contributed by atoms with E-state index in [9.17, 15) is 18.0 Å². The smallest absolute Gasteiger partial charge is 0.244 e. The second-order valence-corrected chi connectivity index (χ2v) is 10.8. The van der Waals surface area contributed by atoms with Gasteiger partial charge in [-0.05, 0) is 42.9 Å². The zero-order chi connectivity index (χ0) is 25.3. The van der Waals surface area contributed by atoms with Crippen molar-refractivity contribution in [2.75, 3.05) is 30.2 Å². The first-order chi connectivity index (χ1) is 16.0. The third-order valence-corrected chi connectivity index (χ3v) is 6.78. The highest BCUT2D eigenvalue weighted by Gasteiger charge is 2.30. The van der Waals surface area contributed by atoms with E-state index in [0.29, 0.717) is 31.6 Å². The molecule has 1 N–H and O–H groups in total.